The molecule has 13 heavy (non-hydrogen) atoms. The van der Waals surface area contributed by atoms with E-state index in [1.165, 1.54) is 9.35 Å². The molecule has 1 N–H and O–H groups in total. The van der Waals surface area contributed by atoms with Crippen molar-refractivity contribution in [3.8, 4) is 0 Å². The summed E-state index contributed by atoms with van der Waals surface area (Å²) in [6.07, 6.45) is 0. The van der Waals surface area contributed by atoms with Crippen molar-refractivity contribution in [2.45, 2.75) is 26.8 Å². The zero-order valence-corrected chi connectivity index (χ0v) is 10.7. The lowest BCUT2D eigenvalue weighted by molar-refractivity contribution is 0.422. The van der Waals surface area contributed by atoms with Crippen LogP contribution in [0.15, 0.2) is 15.2 Å². The van der Waals surface area contributed by atoms with Gasteiger partial charge in [0.25, 0.3) is 0 Å². The fraction of sp³-hybridized carbons (Fsp3) is 0.600. The van der Waals surface area contributed by atoms with E-state index in [-0.39, 0.29) is 0 Å². The molecular weight excluding hydrogens is 246 g/mol. The van der Waals surface area contributed by atoms with Gasteiger partial charge in [0.2, 0.25) is 0 Å². The highest BCUT2D eigenvalue weighted by molar-refractivity contribution is 9.11. The van der Waals surface area contributed by atoms with Crippen LogP contribution in [0.3, 0.4) is 0 Å². The number of nitrogens with one attached hydrogen (secondary N) is 1. The minimum atomic E-state index is 0.493. The summed E-state index contributed by atoms with van der Waals surface area (Å²) >= 11 is 5.24. The van der Waals surface area contributed by atoms with Gasteiger partial charge in [0.15, 0.2) is 0 Å². The molecule has 74 valence electrons. The van der Waals surface area contributed by atoms with Crippen molar-refractivity contribution in [3.63, 3.8) is 0 Å². The Labute approximate surface area is 92.7 Å². The van der Waals surface area contributed by atoms with Crippen LogP contribution in [0.1, 0.15) is 32.4 Å². The molecule has 0 saturated carbocycles. The van der Waals surface area contributed by atoms with E-state index in [4.69, 9.17) is 0 Å². The topological polar surface area (TPSA) is 12.0 Å². The maximum absolute atomic E-state index is 3.50. The van der Waals surface area contributed by atoms with Crippen LogP contribution in [0.25, 0.3) is 0 Å². The van der Waals surface area contributed by atoms with E-state index in [1.54, 1.807) is 11.3 Å². The summed E-state index contributed by atoms with van der Waals surface area (Å²) in [7, 11) is 0. The van der Waals surface area contributed by atoms with Crippen LogP contribution in [0.5, 0.6) is 0 Å². The van der Waals surface area contributed by atoms with E-state index in [0.29, 0.717) is 12.0 Å². The van der Waals surface area contributed by atoms with Crippen LogP contribution >= 0.6 is 27.3 Å². The second kappa shape index (κ2) is 5.13. The Morgan fingerprint density at radius 3 is 2.62 bits per heavy atom. The predicted molar refractivity (Wildman–Crippen MR) is 63.3 cm³/mol. The lowest BCUT2D eigenvalue weighted by Crippen LogP contribution is -2.24. The van der Waals surface area contributed by atoms with Gasteiger partial charge < -0.3 is 5.32 Å². The van der Waals surface area contributed by atoms with Crippen molar-refractivity contribution >= 4 is 27.3 Å². The molecule has 0 saturated heterocycles. The standard InChI is InChI=1S/C10H16BrNS/c1-4-12-10(7(2)3)8-5-9(11)13-6-8/h5-7,10,12H,4H2,1-3H3. The van der Waals surface area contributed by atoms with Crippen LogP contribution < -0.4 is 5.32 Å². The Bertz CT molecular complexity index is 257. The van der Waals surface area contributed by atoms with Gasteiger partial charge in [-0.15, -0.1) is 11.3 Å². The maximum atomic E-state index is 3.50. The van der Waals surface area contributed by atoms with Crippen LogP contribution in [-0.2, 0) is 0 Å². The maximum Gasteiger partial charge on any atom is 0.0701 e. The quantitative estimate of drug-likeness (QED) is 0.869. The third-order valence-electron chi connectivity index (χ3n) is 2.04. The summed E-state index contributed by atoms with van der Waals surface area (Å²) in [4.78, 5) is 0. The van der Waals surface area contributed by atoms with Crippen molar-refractivity contribution in [3.05, 3.63) is 20.8 Å². The third-order valence-corrected chi connectivity index (χ3v) is 3.56. The molecule has 0 amide bonds. The SMILES string of the molecule is CCNC(c1csc(Br)c1)C(C)C. The molecule has 1 atom stereocenters. The Balaban J connectivity index is 2.75. The molecule has 0 radical (unpaired) electrons. The minimum Gasteiger partial charge on any atom is -0.310 e. The van der Waals surface area contributed by atoms with Gasteiger partial charge in [-0.2, -0.15) is 0 Å². The van der Waals surface area contributed by atoms with Crippen molar-refractivity contribution in [1.29, 1.82) is 0 Å². The fourth-order valence-corrected chi connectivity index (χ4v) is 2.66. The highest BCUT2D eigenvalue weighted by Crippen LogP contribution is 2.29. The van der Waals surface area contributed by atoms with E-state index >= 15 is 0 Å². The molecule has 3 heteroatoms. The highest BCUT2D eigenvalue weighted by atomic mass is 79.9. The van der Waals surface area contributed by atoms with E-state index in [0.717, 1.165) is 6.54 Å². The Hall–Kier alpha value is 0.140. The molecule has 0 aliphatic rings. The summed E-state index contributed by atoms with van der Waals surface area (Å²) in [5, 5.41) is 5.72. The summed E-state index contributed by atoms with van der Waals surface area (Å²) in [6.45, 7) is 7.67. The van der Waals surface area contributed by atoms with Gasteiger partial charge in [-0.1, -0.05) is 20.8 Å². The van der Waals surface area contributed by atoms with E-state index in [1.807, 2.05) is 0 Å². The third kappa shape index (κ3) is 3.08. The smallest absolute Gasteiger partial charge is 0.0701 e. The Morgan fingerprint density at radius 1 is 1.54 bits per heavy atom. The molecule has 1 aromatic rings. The first-order chi connectivity index (χ1) is 6.15. The molecule has 1 aromatic heterocycles. The van der Waals surface area contributed by atoms with Gasteiger partial charge >= 0.3 is 0 Å². The number of halogens is 1. The zero-order valence-electron chi connectivity index (χ0n) is 8.30. The first kappa shape index (κ1) is 11.2. The van der Waals surface area contributed by atoms with Crippen molar-refractivity contribution in [1.82, 2.24) is 5.32 Å². The van der Waals surface area contributed by atoms with Crippen LogP contribution in [0.4, 0.5) is 0 Å². The normalized spacial score (nSPS) is 13.6. The molecule has 0 aromatic carbocycles. The van der Waals surface area contributed by atoms with E-state index < -0.39 is 0 Å². The summed E-state index contributed by atoms with van der Waals surface area (Å²) < 4.78 is 1.21. The van der Waals surface area contributed by atoms with Crippen molar-refractivity contribution in [2.24, 2.45) is 5.92 Å². The Kier molecular flexibility index (Phi) is 4.42. The molecule has 0 spiro atoms. The van der Waals surface area contributed by atoms with E-state index in [9.17, 15) is 0 Å². The molecule has 1 nitrogen and oxygen atoms in total. The molecule has 0 aliphatic carbocycles. The van der Waals surface area contributed by atoms with Gasteiger partial charge in [0.1, 0.15) is 0 Å². The lowest BCUT2D eigenvalue weighted by atomic mass is 9.99. The second-order valence-corrected chi connectivity index (χ2v) is 5.75. The number of thiophene rings is 1. The van der Waals surface area contributed by atoms with Gasteiger partial charge in [0, 0.05) is 6.04 Å². The monoisotopic (exact) mass is 261 g/mol. The number of hydrogen-bond acceptors (Lipinski definition) is 2. The van der Waals surface area contributed by atoms with Crippen LogP contribution in [-0.4, -0.2) is 6.54 Å². The average molecular weight is 262 g/mol. The highest BCUT2D eigenvalue weighted by Gasteiger charge is 2.15. The zero-order chi connectivity index (χ0) is 9.84. The van der Waals surface area contributed by atoms with Crippen LogP contribution in [0, 0.1) is 5.92 Å². The van der Waals surface area contributed by atoms with Crippen LogP contribution in [0.2, 0.25) is 0 Å². The van der Waals surface area contributed by atoms with E-state index in [2.05, 4.69) is 53.5 Å². The number of rotatable bonds is 4. The fourth-order valence-electron chi connectivity index (χ4n) is 1.44. The lowest BCUT2D eigenvalue weighted by Gasteiger charge is -2.20. The first-order valence-electron chi connectivity index (χ1n) is 4.62. The molecule has 0 bridgehead atoms. The molecule has 1 unspecified atom stereocenters. The van der Waals surface area contributed by atoms with Gasteiger partial charge in [-0.05, 0) is 45.4 Å². The average Bonchev–Trinajstić information content (AvgIpc) is 2.46. The largest absolute Gasteiger partial charge is 0.310 e. The predicted octanol–water partition coefficient (Wildman–Crippen LogP) is 3.82. The molecule has 0 fully saturated rings. The summed E-state index contributed by atoms with van der Waals surface area (Å²) in [5.41, 5.74) is 1.40. The molecular formula is C10H16BrNS. The number of hydrogen-bond donors (Lipinski definition) is 1. The molecule has 0 aliphatic heterocycles. The minimum absolute atomic E-state index is 0.493. The molecule has 1 rings (SSSR count). The molecule has 1 heterocycles. The second-order valence-electron chi connectivity index (χ2n) is 3.46. The Morgan fingerprint density at radius 2 is 2.23 bits per heavy atom. The summed E-state index contributed by atoms with van der Waals surface area (Å²) in [6, 6.07) is 2.70. The van der Waals surface area contributed by atoms with Gasteiger partial charge in [-0.3, -0.25) is 0 Å². The van der Waals surface area contributed by atoms with Gasteiger partial charge in [0.05, 0.1) is 3.79 Å². The summed E-state index contributed by atoms with van der Waals surface area (Å²) in [5.74, 6) is 0.640. The van der Waals surface area contributed by atoms with Crippen molar-refractivity contribution in [2.75, 3.05) is 6.54 Å². The van der Waals surface area contributed by atoms with Crippen molar-refractivity contribution < 1.29 is 0 Å². The first-order valence-corrected chi connectivity index (χ1v) is 6.29. The van der Waals surface area contributed by atoms with Gasteiger partial charge in [-0.25, -0.2) is 0 Å².